The van der Waals surface area contributed by atoms with E-state index in [1.54, 1.807) is 22.3 Å². The molecule has 4 aromatic carbocycles. The van der Waals surface area contributed by atoms with Crippen molar-refractivity contribution in [2.45, 2.75) is 37.8 Å². The van der Waals surface area contributed by atoms with Gasteiger partial charge in [-0.05, 0) is 59.1 Å². The number of benzene rings is 4. The number of fused-ring (bicyclic) bond motifs is 1. The van der Waals surface area contributed by atoms with Gasteiger partial charge in [-0.25, -0.2) is 0 Å². The average Bonchev–Trinajstić information content (AvgIpc) is 3.76. The molecule has 9 rings (SSSR count). The summed E-state index contributed by atoms with van der Waals surface area (Å²) in [6.45, 7) is 8.64. The van der Waals surface area contributed by atoms with Crippen molar-refractivity contribution in [1.29, 1.82) is 0 Å². The predicted molar refractivity (Wildman–Crippen MR) is 178 cm³/mol. The zero-order valence-electron chi connectivity index (χ0n) is 25.8. The summed E-state index contributed by atoms with van der Waals surface area (Å²) in [5, 5.41) is 0. The minimum Gasteiger partial charge on any atom is -0.358 e. The van der Waals surface area contributed by atoms with Crippen molar-refractivity contribution in [2.24, 2.45) is 11.8 Å². The van der Waals surface area contributed by atoms with Gasteiger partial charge in [-0.1, -0.05) is 109 Å². The van der Waals surface area contributed by atoms with Crippen molar-refractivity contribution in [3.05, 3.63) is 167 Å². The molecule has 0 aromatic heterocycles. The highest BCUT2D eigenvalue weighted by molar-refractivity contribution is 5.56. The van der Waals surface area contributed by atoms with Gasteiger partial charge in [0.1, 0.15) is 0 Å². The topological polar surface area (TPSA) is 13.0 Å². The van der Waals surface area contributed by atoms with Crippen LogP contribution in [0.15, 0.2) is 134 Å². The van der Waals surface area contributed by atoms with Gasteiger partial charge in [0.25, 0.3) is 0 Å². The molecule has 2 bridgehead atoms. The van der Waals surface area contributed by atoms with Crippen molar-refractivity contribution in [2.75, 3.05) is 26.4 Å². The summed E-state index contributed by atoms with van der Waals surface area (Å²) in [5.41, 5.74) is 8.92. The van der Waals surface area contributed by atoms with Gasteiger partial charge >= 0.3 is 0 Å². The fraction of sp³-hybridized carbons (Fsp3) is 0.300. The maximum Gasteiger partial charge on any atom is 0.0899 e. The second-order valence-electron chi connectivity index (χ2n) is 13.2. The maximum absolute atomic E-state index is 2.58. The molecular formula is C40H42N4. The van der Waals surface area contributed by atoms with E-state index in [2.05, 4.69) is 167 Å². The van der Waals surface area contributed by atoms with Crippen LogP contribution in [-0.4, -0.2) is 46.0 Å². The molecule has 3 aliphatic carbocycles. The first-order valence-electron chi connectivity index (χ1n) is 16.3. The van der Waals surface area contributed by atoms with Crippen LogP contribution in [-0.2, 0) is 0 Å². The van der Waals surface area contributed by atoms with Gasteiger partial charge in [-0.3, -0.25) is 0 Å². The van der Waals surface area contributed by atoms with E-state index in [1.165, 1.54) is 11.1 Å². The molecule has 4 nitrogen and oxygen atoms in total. The summed E-state index contributed by atoms with van der Waals surface area (Å²) < 4.78 is 0. The zero-order valence-corrected chi connectivity index (χ0v) is 25.8. The molecule has 222 valence electrons. The normalized spacial score (nSPS) is 24.5. The Labute approximate surface area is 262 Å². The highest BCUT2D eigenvalue weighted by Gasteiger charge is 2.50. The standard InChI is InChI=1S/C40H42N4/c1-29(31-13-5-3-6-14-31)43-23-21-41(27-43)25-37-38(26-42-22-24-44(28-42)30(2)32-15-7-4-8-16-32)40-35-19-11-9-17-33(35)39(37)34-18-10-12-20-36(34)40/h3-24,29-30,37-40H,25-28H2,1-2H3/t29-,30-,37?,38?,39?,40?/m1/s1. The summed E-state index contributed by atoms with van der Waals surface area (Å²) in [6.07, 6.45) is 9.30. The van der Waals surface area contributed by atoms with Crippen molar-refractivity contribution in [3.8, 4) is 0 Å². The number of hydrogen-bond acceptors (Lipinski definition) is 4. The van der Waals surface area contributed by atoms with Crippen LogP contribution in [0.4, 0.5) is 0 Å². The molecule has 5 aliphatic rings. The van der Waals surface area contributed by atoms with Crippen LogP contribution >= 0.6 is 0 Å². The van der Waals surface area contributed by atoms with Crippen molar-refractivity contribution in [3.63, 3.8) is 0 Å². The van der Waals surface area contributed by atoms with Crippen LogP contribution < -0.4 is 0 Å². The molecule has 0 amide bonds. The van der Waals surface area contributed by atoms with E-state index in [-0.39, 0.29) is 0 Å². The predicted octanol–water partition coefficient (Wildman–Crippen LogP) is 8.12. The van der Waals surface area contributed by atoms with Gasteiger partial charge < -0.3 is 19.6 Å². The first kappa shape index (κ1) is 27.1. The summed E-state index contributed by atoms with van der Waals surface area (Å²) in [6, 6.07) is 41.1. The third kappa shape index (κ3) is 4.68. The fourth-order valence-corrected chi connectivity index (χ4v) is 8.48. The second kappa shape index (κ2) is 11.2. The molecule has 0 radical (unpaired) electrons. The third-order valence-electron chi connectivity index (χ3n) is 10.8. The van der Waals surface area contributed by atoms with Crippen molar-refractivity contribution >= 4 is 0 Å². The Bertz CT molecular complexity index is 1490. The first-order valence-corrected chi connectivity index (χ1v) is 16.3. The SMILES string of the molecule is C[C@H](c1ccccc1)N1C=CN(CC2C3c4ccccc4C(c4ccccc43)C2CN2C=CN([C@H](C)c3ccccc3)C2)C1. The zero-order chi connectivity index (χ0) is 29.6. The lowest BCUT2D eigenvalue weighted by atomic mass is 9.54. The van der Waals surface area contributed by atoms with E-state index < -0.39 is 0 Å². The third-order valence-corrected chi connectivity index (χ3v) is 10.8. The lowest BCUT2D eigenvalue weighted by molar-refractivity contribution is 0.114. The lowest BCUT2D eigenvalue weighted by Crippen LogP contribution is -2.48. The van der Waals surface area contributed by atoms with Crippen molar-refractivity contribution < 1.29 is 0 Å². The number of hydrogen-bond donors (Lipinski definition) is 0. The van der Waals surface area contributed by atoms with E-state index in [0.29, 0.717) is 35.8 Å². The van der Waals surface area contributed by atoms with Gasteiger partial charge in [0.15, 0.2) is 0 Å². The molecule has 0 fully saturated rings. The summed E-state index contributed by atoms with van der Waals surface area (Å²) >= 11 is 0. The number of rotatable bonds is 8. The molecule has 4 heteroatoms. The smallest absolute Gasteiger partial charge is 0.0899 e. The molecule has 2 unspecified atom stereocenters. The van der Waals surface area contributed by atoms with Crippen LogP contribution in [0.2, 0.25) is 0 Å². The van der Waals surface area contributed by atoms with Gasteiger partial charge in [-0.2, -0.15) is 0 Å². The average molecular weight is 579 g/mol. The van der Waals surface area contributed by atoms with Crippen LogP contribution in [0.25, 0.3) is 0 Å². The Morgan fingerprint density at radius 2 is 0.818 bits per heavy atom. The minimum atomic E-state index is 0.352. The van der Waals surface area contributed by atoms with Crippen LogP contribution in [0.1, 0.15) is 71.1 Å². The Morgan fingerprint density at radius 3 is 1.18 bits per heavy atom. The van der Waals surface area contributed by atoms with Gasteiger partial charge in [0.05, 0.1) is 25.4 Å². The van der Waals surface area contributed by atoms with Gasteiger partial charge in [0.2, 0.25) is 0 Å². The van der Waals surface area contributed by atoms with Crippen LogP contribution in [0.3, 0.4) is 0 Å². The molecule has 4 atom stereocenters. The van der Waals surface area contributed by atoms with E-state index in [1.807, 2.05) is 0 Å². The van der Waals surface area contributed by atoms with Gasteiger partial charge in [-0.15, -0.1) is 0 Å². The van der Waals surface area contributed by atoms with E-state index in [9.17, 15) is 0 Å². The number of nitrogens with zero attached hydrogens (tertiary/aromatic N) is 4. The molecule has 2 aliphatic heterocycles. The van der Waals surface area contributed by atoms with E-state index in [4.69, 9.17) is 0 Å². The van der Waals surface area contributed by atoms with Gasteiger partial charge in [0, 0.05) is 49.7 Å². The highest BCUT2D eigenvalue weighted by Crippen LogP contribution is 2.58. The summed E-state index contributed by atoms with van der Waals surface area (Å²) in [7, 11) is 0. The monoisotopic (exact) mass is 578 g/mol. The summed E-state index contributed by atoms with van der Waals surface area (Å²) in [5.74, 6) is 1.88. The summed E-state index contributed by atoms with van der Waals surface area (Å²) in [4.78, 5) is 10.1. The Kier molecular flexibility index (Phi) is 6.93. The minimum absolute atomic E-state index is 0.352. The Balaban J connectivity index is 1.08. The van der Waals surface area contributed by atoms with Crippen LogP contribution in [0, 0.1) is 11.8 Å². The fourth-order valence-electron chi connectivity index (χ4n) is 8.48. The Morgan fingerprint density at radius 1 is 0.477 bits per heavy atom. The molecular weight excluding hydrogens is 536 g/mol. The van der Waals surface area contributed by atoms with E-state index in [0.717, 1.165) is 26.4 Å². The molecule has 0 saturated heterocycles. The first-order chi connectivity index (χ1) is 21.7. The molecule has 2 heterocycles. The van der Waals surface area contributed by atoms with Crippen molar-refractivity contribution in [1.82, 2.24) is 19.6 Å². The van der Waals surface area contributed by atoms with E-state index >= 15 is 0 Å². The lowest BCUT2D eigenvalue weighted by Gasteiger charge is -2.52. The van der Waals surface area contributed by atoms with Crippen LogP contribution in [0.5, 0.6) is 0 Å². The molecule has 0 spiro atoms. The largest absolute Gasteiger partial charge is 0.358 e. The molecule has 44 heavy (non-hydrogen) atoms. The highest BCUT2D eigenvalue weighted by atomic mass is 15.4. The molecule has 4 aromatic rings. The molecule has 0 N–H and O–H groups in total. The second-order valence-corrected chi connectivity index (χ2v) is 13.2. The molecule has 0 saturated carbocycles. The maximum atomic E-state index is 2.58. The Hall–Kier alpha value is -4.44. The quantitative estimate of drug-likeness (QED) is 0.209.